The molecule has 166 valence electrons. The lowest BCUT2D eigenvalue weighted by molar-refractivity contribution is -0.125. The molecule has 0 spiro atoms. The molecule has 7 heteroatoms. The van der Waals surface area contributed by atoms with Crippen molar-refractivity contribution in [3.8, 4) is 0 Å². The van der Waals surface area contributed by atoms with E-state index in [9.17, 15) is 4.79 Å². The molecule has 0 aliphatic carbocycles. The average molecular weight is 432 g/mol. The predicted molar refractivity (Wildman–Crippen MR) is 127 cm³/mol. The van der Waals surface area contributed by atoms with Gasteiger partial charge in [0.2, 0.25) is 11.9 Å². The van der Waals surface area contributed by atoms with Crippen molar-refractivity contribution in [1.29, 1.82) is 0 Å². The molecule has 0 atom stereocenters. The molecule has 1 amide bonds. The number of carbonyl (C=O) groups is 1. The zero-order valence-electron chi connectivity index (χ0n) is 18.5. The number of amides is 1. The minimum Gasteiger partial charge on any atom is -0.381 e. The van der Waals surface area contributed by atoms with Crippen LogP contribution in [-0.2, 0) is 14.9 Å². The number of ether oxygens (including phenoxy) is 1. The van der Waals surface area contributed by atoms with Gasteiger partial charge in [-0.2, -0.15) is 4.98 Å². The fourth-order valence-electron chi connectivity index (χ4n) is 4.03. The Morgan fingerprint density at radius 3 is 2.38 bits per heavy atom. The smallest absolute Gasteiger partial charge is 0.235 e. The van der Waals surface area contributed by atoms with Crippen LogP contribution in [0.2, 0.25) is 0 Å². The van der Waals surface area contributed by atoms with Crippen molar-refractivity contribution >= 4 is 29.0 Å². The van der Waals surface area contributed by atoms with E-state index in [4.69, 9.17) is 4.74 Å². The van der Waals surface area contributed by atoms with Crippen LogP contribution in [0.3, 0.4) is 0 Å². The lowest BCUT2D eigenvalue weighted by Crippen LogP contribution is -2.44. The SMILES string of the molecule is CCNc1nc(C)cc(Nc2ccc(NC(=O)C3(c4ccccc4)CCOCC3)cc2)n1. The van der Waals surface area contributed by atoms with Crippen LogP contribution in [0, 0.1) is 6.92 Å². The highest BCUT2D eigenvalue weighted by molar-refractivity contribution is 5.99. The number of anilines is 4. The van der Waals surface area contributed by atoms with E-state index < -0.39 is 5.41 Å². The molecule has 2 heterocycles. The molecule has 3 N–H and O–H groups in total. The summed E-state index contributed by atoms with van der Waals surface area (Å²) in [6.07, 6.45) is 1.34. The summed E-state index contributed by atoms with van der Waals surface area (Å²) in [6.45, 7) is 5.87. The number of nitrogens with zero attached hydrogens (tertiary/aromatic N) is 2. The Morgan fingerprint density at radius 1 is 1.00 bits per heavy atom. The van der Waals surface area contributed by atoms with Crippen LogP contribution in [0.25, 0.3) is 0 Å². The largest absolute Gasteiger partial charge is 0.381 e. The molecule has 4 rings (SSSR count). The van der Waals surface area contributed by atoms with E-state index in [-0.39, 0.29) is 5.91 Å². The summed E-state index contributed by atoms with van der Waals surface area (Å²) in [5.74, 6) is 1.33. The van der Waals surface area contributed by atoms with Crippen LogP contribution < -0.4 is 16.0 Å². The maximum absolute atomic E-state index is 13.4. The Hall–Kier alpha value is -3.45. The molecule has 1 aromatic heterocycles. The number of hydrogen-bond acceptors (Lipinski definition) is 6. The third-order valence-corrected chi connectivity index (χ3v) is 5.71. The number of rotatable bonds is 7. The van der Waals surface area contributed by atoms with Crippen LogP contribution in [0.1, 0.15) is 31.0 Å². The summed E-state index contributed by atoms with van der Waals surface area (Å²) in [4.78, 5) is 22.2. The Labute approximate surface area is 188 Å². The molecular weight excluding hydrogens is 402 g/mol. The molecule has 0 radical (unpaired) electrons. The maximum atomic E-state index is 13.4. The average Bonchev–Trinajstić information content (AvgIpc) is 2.81. The van der Waals surface area contributed by atoms with E-state index in [0.29, 0.717) is 32.0 Å². The Bertz CT molecular complexity index is 1050. The van der Waals surface area contributed by atoms with Crippen molar-refractivity contribution in [2.75, 3.05) is 35.7 Å². The van der Waals surface area contributed by atoms with Crippen LogP contribution in [0.15, 0.2) is 60.7 Å². The van der Waals surface area contributed by atoms with Gasteiger partial charge in [0.25, 0.3) is 0 Å². The van der Waals surface area contributed by atoms with Gasteiger partial charge in [0.1, 0.15) is 5.82 Å². The van der Waals surface area contributed by atoms with E-state index >= 15 is 0 Å². The zero-order chi connectivity index (χ0) is 22.4. The maximum Gasteiger partial charge on any atom is 0.235 e. The van der Waals surface area contributed by atoms with E-state index in [1.807, 2.05) is 74.5 Å². The number of aryl methyl sites for hydroxylation is 1. The van der Waals surface area contributed by atoms with Crippen LogP contribution in [0.5, 0.6) is 0 Å². The summed E-state index contributed by atoms with van der Waals surface area (Å²) in [5.41, 5.74) is 2.99. The summed E-state index contributed by atoms with van der Waals surface area (Å²) < 4.78 is 5.55. The van der Waals surface area contributed by atoms with Gasteiger partial charge >= 0.3 is 0 Å². The number of aromatic nitrogens is 2. The van der Waals surface area contributed by atoms with Gasteiger partial charge < -0.3 is 20.7 Å². The molecule has 1 fully saturated rings. The second-order valence-corrected chi connectivity index (χ2v) is 7.97. The van der Waals surface area contributed by atoms with Gasteiger partial charge in [-0.1, -0.05) is 30.3 Å². The van der Waals surface area contributed by atoms with Crippen molar-refractivity contribution in [3.05, 3.63) is 71.9 Å². The van der Waals surface area contributed by atoms with Gasteiger partial charge in [0.15, 0.2) is 0 Å². The number of carbonyl (C=O) groups excluding carboxylic acids is 1. The van der Waals surface area contributed by atoms with Crippen molar-refractivity contribution < 1.29 is 9.53 Å². The van der Waals surface area contributed by atoms with Crippen LogP contribution in [0.4, 0.5) is 23.1 Å². The summed E-state index contributed by atoms with van der Waals surface area (Å²) >= 11 is 0. The molecule has 2 aromatic carbocycles. The first-order valence-electron chi connectivity index (χ1n) is 11.0. The second kappa shape index (κ2) is 9.78. The Kier molecular flexibility index (Phi) is 6.66. The Morgan fingerprint density at radius 2 is 1.69 bits per heavy atom. The highest BCUT2D eigenvalue weighted by atomic mass is 16.5. The standard InChI is InChI=1S/C25H29N5O2/c1-3-26-24-27-18(2)17-22(30-24)28-20-9-11-21(12-10-20)29-23(31)25(13-15-32-16-14-25)19-7-5-4-6-8-19/h4-12,17H,3,13-16H2,1-2H3,(H,29,31)(H2,26,27,28,30). The highest BCUT2D eigenvalue weighted by Gasteiger charge is 2.41. The normalized spacial score (nSPS) is 15.1. The zero-order valence-corrected chi connectivity index (χ0v) is 18.5. The molecule has 0 bridgehead atoms. The first-order chi connectivity index (χ1) is 15.6. The van der Waals surface area contributed by atoms with Crippen molar-refractivity contribution in [3.63, 3.8) is 0 Å². The lowest BCUT2D eigenvalue weighted by atomic mass is 9.73. The third-order valence-electron chi connectivity index (χ3n) is 5.71. The van der Waals surface area contributed by atoms with Gasteiger partial charge in [-0.15, -0.1) is 0 Å². The molecule has 1 aliphatic heterocycles. The van der Waals surface area contributed by atoms with Crippen LogP contribution in [-0.4, -0.2) is 35.6 Å². The number of benzene rings is 2. The second-order valence-electron chi connectivity index (χ2n) is 7.97. The third kappa shape index (κ3) is 4.89. The molecule has 1 saturated heterocycles. The van der Waals surface area contributed by atoms with Crippen molar-refractivity contribution in [1.82, 2.24) is 9.97 Å². The van der Waals surface area contributed by atoms with Gasteiger partial charge in [0, 0.05) is 42.9 Å². The first kappa shape index (κ1) is 21.8. The van der Waals surface area contributed by atoms with E-state index in [1.54, 1.807) is 0 Å². The van der Waals surface area contributed by atoms with E-state index in [1.165, 1.54) is 0 Å². The summed E-state index contributed by atoms with van der Waals surface area (Å²) in [5, 5.41) is 9.55. The fraction of sp³-hybridized carbons (Fsp3) is 0.320. The Balaban J connectivity index is 1.48. The van der Waals surface area contributed by atoms with Gasteiger partial charge in [0.05, 0.1) is 5.41 Å². The minimum atomic E-state index is -0.572. The molecule has 1 aliphatic rings. The van der Waals surface area contributed by atoms with Gasteiger partial charge in [-0.3, -0.25) is 4.79 Å². The number of nitrogens with one attached hydrogen (secondary N) is 3. The number of hydrogen-bond donors (Lipinski definition) is 3. The van der Waals surface area contributed by atoms with Crippen molar-refractivity contribution in [2.24, 2.45) is 0 Å². The molecule has 0 saturated carbocycles. The predicted octanol–water partition coefficient (Wildman–Crippen LogP) is 4.65. The quantitative estimate of drug-likeness (QED) is 0.505. The molecular formula is C25H29N5O2. The monoisotopic (exact) mass is 431 g/mol. The molecule has 7 nitrogen and oxygen atoms in total. The molecule has 32 heavy (non-hydrogen) atoms. The minimum absolute atomic E-state index is 0.00872. The molecule has 3 aromatic rings. The topological polar surface area (TPSA) is 88.2 Å². The fourth-order valence-corrected chi connectivity index (χ4v) is 4.03. The lowest BCUT2D eigenvalue weighted by Gasteiger charge is -2.36. The van der Waals surface area contributed by atoms with E-state index in [0.717, 1.165) is 35.0 Å². The van der Waals surface area contributed by atoms with Crippen molar-refractivity contribution in [2.45, 2.75) is 32.1 Å². The summed E-state index contributed by atoms with van der Waals surface area (Å²) in [7, 11) is 0. The van der Waals surface area contributed by atoms with Gasteiger partial charge in [-0.25, -0.2) is 4.98 Å². The van der Waals surface area contributed by atoms with Crippen LogP contribution >= 0.6 is 0 Å². The first-order valence-corrected chi connectivity index (χ1v) is 11.0. The van der Waals surface area contributed by atoms with E-state index in [2.05, 4.69) is 25.9 Å². The molecule has 0 unspecified atom stereocenters. The highest BCUT2D eigenvalue weighted by Crippen LogP contribution is 2.36. The van der Waals surface area contributed by atoms with Gasteiger partial charge in [-0.05, 0) is 56.5 Å². The summed E-state index contributed by atoms with van der Waals surface area (Å²) in [6, 6.07) is 19.6.